The van der Waals surface area contributed by atoms with E-state index in [0.29, 0.717) is 47.5 Å². The first-order chi connectivity index (χ1) is 17.1. The molecule has 2 atom stereocenters. The average Bonchev–Trinajstić information content (AvgIpc) is 3.58. The molecule has 0 unspecified atom stereocenters. The van der Waals surface area contributed by atoms with E-state index in [-0.39, 0.29) is 17.4 Å². The number of fused-ring (bicyclic) bond motifs is 1. The van der Waals surface area contributed by atoms with E-state index in [4.69, 9.17) is 10.9 Å². The van der Waals surface area contributed by atoms with Crippen LogP contribution in [0, 0.1) is 0 Å². The molecular weight excluding hydrogens is 508 g/mol. The highest BCUT2D eigenvalue weighted by molar-refractivity contribution is 7.92. The van der Waals surface area contributed by atoms with Crippen molar-refractivity contribution >= 4 is 31.1 Å². The highest BCUT2D eigenvalue weighted by atomic mass is 32.2. The molecule has 2 aromatic heterocycles. The van der Waals surface area contributed by atoms with E-state index in [1.54, 1.807) is 25.1 Å². The van der Waals surface area contributed by atoms with Crippen LogP contribution in [0.1, 0.15) is 25.2 Å². The number of nitrogens with one attached hydrogen (secondary N) is 4. The molecule has 1 aliphatic rings. The van der Waals surface area contributed by atoms with Gasteiger partial charge in [-0.05, 0) is 42.8 Å². The lowest BCUT2D eigenvalue weighted by atomic mass is 9.98. The lowest BCUT2D eigenvalue weighted by Crippen LogP contribution is -2.37. The molecular formula is C20H24N10O4S2. The third-order valence-electron chi connectivity index (χ3n) is 5.90. The zero-order chi connectivity index (χ0) is 25.7. The molecule has 3 heterocycles. The molecule has 0 amide bonds. The van der Waals surface area contributed by atoms with Gasteiger partial charge in [-0.1, -0.05) is 18.2 Å². The second kappa shape index (κ2) is 8.99. The van der Waals surface area contributed by atoms with Gasteiger partial charge in [-0.3, -0.25) is 0 Å². The molecule has 2 aromatic carbocycles. The van der Waals surface area contributed by atoms with Crippen LogP contribution in [0.2, 0.25) is 0 Å². The molecule has 0 radical (unpaired) electrons. The summed E-state index contributed by atoms with van der Waals surface area (Å²) in [5.74, 6) is 0.382. The summed E-state index contributed by atoms with van der Waals surface area (Å²) in [6.45, 7) is 2.83. The van der Waals surface area contributed by atoms with Crippen molar-refractivity contribution in [1.82, 2.24) is 40.6 Å². The maximum Gasteiger partial charge on any atom is 0.242 e. The number of aromatic amines is 2. The number of tetrazole rings is 1. The third-order valence-corrected chi connectivity index (χ3v) is 8.58. The van der Waals surface area contributed by atoms with Gasteiger partial charge in [0.25, 0.3) is 0 Å². The van der Waals surface area contributed by atoms with Crippen LogP contribution in [-0.4, -0.2) is 66.6 Å². The van der Waals surface area contributed by atoms with E-state index in [2.05, 4.69) is 40.6 Å². The van der Waals surface area contributed by atoms with E-state index < -0.39 is 35.9 Å². The van der Waals surface area contributed by atoms with Crippen LogP contribution < -0.4 is 20.9 Å². The van der Waals surface area contributed by atoms with Gasteiger partial charge in [0.2, 0.25) is 25.9 Å². The molecule has 190 valence electrons. The number of aromatic nitrogens is 6. The summed E-state index contributed by atoms with van der Waals surface area (Å²) < 4.78 is 55.2. The second-order valence-electron chi connectivity index (χ2n) is 8.52. The van der Waals surface area contributed by atoms with Gasteiger partial charge in [0.15, 0.2) is 0 Å². The van der Waals surface area contributed by atoms with Gasteiger partial charge in [0, 0.05) is 18.2 Å². The first-order valence-corrected chi connectivity index (χ1v) is 14.0. The summed E-state index contributed by atoms with van der Waals surface area (Å²) in [6.07, 6.45) is 0.558. The number of imidazole rings is 1. The van der Waals surface area contributed by atoms with Crippen molar-refractivity contribution in [2.45, 2.75) is 35.2 Å². The number of benzene rings is 2. The van der Waals surface area contributed by atoms with E-state index in [1.165, 1.54) is 12.1 Å². The largest absolute Gasteiger partial charge is 0.341 e. The summed E-state index contributed by atoms with van der Waals surface area (Å²) in [6, 6.07) is 7.17. The lowest BCUT2D eigenvalue weighted by Gasteiger charge is -2.18. The van der Waals surface area contributed by atoms with Crippen LogP contribution in [0.3, 0.4) is 0 Å². The maximum atomic E-state index is 13.4. The predicted molar refractivity (Wildman–Crippen MR) is 130 cm³/mol. The Hall–Kier alpha value is -3.28. The van der Waals surface area contributed by atoms with Gasteiger partial charge < -0.3 is 16.0 Å². The molecule has 1 fully saturated rings. The van der Waals surface area contributed by atoms with Crippen molar-refractivity contribution in [2.24, 2.45) is 10.9 Å². The Labute approximate surface area is 206 Å². The van der Waals surface area contributed by atoms with Gasteiger partial charge >= 0.3 is 0 Å². The average molecular weight is 533 g/mol. The summed E-state index contributed by atoms with van der Waals surface area (Å²) in [7, 11) is -8.90. The number of nitrogens with zero attached hydrogens (tertiary/aromatic N) is 4. The summed E-state index contributed by atoms with van der Waals surface area (Å²) in [5, 5.41) is 22.4. The van der Waals surface area contributed by atoms with Gasteiger partial charge in [0.1, 0.15) is 15.6 Å². The zero-order valence-electron chi connectivity index (χ0n) is 19.1. The van der Waals surface area contributed by atoms with Gasteiger partial charge in [0.05, 0.1) is 22.6 Å². The highest BCUT2D eigenvalue weighted by Crippen LogP contribution is 2.40. The van der Waals surface area contributed by atoms with Crippen LogP contribution >= 0.6 is 0 Å². The number of hydrogen-bond donors (Lipinski definition) is 6. The van der Waals surface area contributed by atoms with E-state index in [1.807, 2.05) is 0 Å². The molecule has 1 aliphatic heterocycles. The Kier molecular flexibility index (Phi) is 6.09. The molecule has 0 bridgehead atoms. The normalized spacial score (nSPS) is 17.6. The fraction of sp³-hybridized carbons (Fsp3) is 0.300. The quantitative estimate of drug-likeness (QED) is 0.182. The number of para-hydroxylation sites is 1. The Bertz CT molecular complexity index is 1640. The molecule has 14 nitrogen and oxygen atoms in total. The molecule has 0 aliphatic carbocycles. The van der Waals surface area contributed by atoms with E-state index in [9.17, 15) is 16.8 Å². The molecule has 36 heavy (non-hydrogen) atoms. The van der Waals surface area contributed by atoms with Crippen LogP contribution in [-0.2, 0) is 20.0 Å². The van der Waals surface area contributed by atoms with Gasteiger partial charge in [-0.2, -0.15) is 5.21 Å². The summed E-state index contributed by atoms with van der Waals surface area (Å²) in [5.41, 5.74) is 7.83. The maximum absolute atomic E-state index is 13.4. The zero-order valence-corrected chi connectivity index (χ0v) is 20.7. The van der Waals surface area contributed by atoms with E-state index >= 15 is 0 Å². The molecule has 16 heteroatoms. The molecule has 0 saturated carbocycles. The topological polar surface area (TPSA) is 228 Å². The monoisotopic (exact) mass is 532 g/mol. The fourth-order valence-corrected chi connectivity index (χ4v) is 7.17. The Morgan fingerprint density at radius 3 is 2.58 bits per heavy atom. The van der Waals surface area contributed by atoms with Crippen molar-refractivity contribution in [3.05, 3.63) is 36.2 Å². The van der Waals surface area contributed by atoms with Gasteiger partial charge in [-0.25, -0.2) is 31.7 Å². The molecule has 8 N–H and O–H groups in total. The fourth-order valence-electron chi connectivity index (χ4n) is 4.29. The lowest BCUT2D eigenvalue weighted by molar-refractivity contribution is 0.555. The Morgan fingerprint density at radius 2 is 1.94 bits per heavy atom. The number of nitrogens with two attached hydrogens (primary N) is 2. The molecule has 4 aromatic rings. The first-order valence-electron chi connectivity index (χ1n) is 11.0. The van der Waals surface area contributed by atoms with E-state index in [0.717, 1.165) is 0 Å². The van der Waals surface area contributed by atoms with Gasteiger partial charge in [-0.15, -0.1) is 10.2 Å². The van der Waals surface area contributed by atoms with Crippen molar-refractivity contribution in [2.75, 3.05) is 13.1 Å². The Balaban J connectivity index is 1.82. The second-order valence-corrected chi connectivity index (χ2v) is 11.7. The van der Waals surface area contributed by atoms with Crippen molar-refractivity contribution in [3.63, 3.8) is 0 Å². The standard InChI is InChI=1S/C20H24N10O4S2/c1-10(21)19-24-14-4-2-3-13(17(14)25-19)12-5-6-15(36(33,34)28-11-7-8-23-9-11)18(35(22,31)32)16(12)20-26-29-30-27-20/h2-6,10-11,23,28H,7-9,21H2,1H3,(H,24,25)(H2,22,31,32)(H,26,27,29,30)/t10-,11-/m1/s1. The first kappa shape index (κ1) is 24.4. The SMILES string of the molecule is C[C@@H](N)c1nc2c(-c3ccc(S(=O)(=O)N[C@@H]4CCNC4)c(S(N)(=O)=O)c3-c3nn[nH]n3)cccc2[nH]1. The molecule has 5 rings (SSSR count). The molecule has 0 spiro atoms. The minimum absolute atomic E-state index is 0.114. The number of hydrogen-bond acceptors (Lipinski definition) is 10. The predicted octanol–water partition coefficient (Wildman–Crippen LogP) is -0.283. The van der Waals surface area contributed by atoms with Crippen LogP contribution in [0.25, 0.3) is 33.5 Å². The van der Waals surface area contributed by atoms with Crippen LogP contribution in [0.15, 0.2) is 40.1 Å². The minimum atomic E-state index is -4.60. The van der Waals surface area contributed by atoms with Crippen molar-refractivity contribution in [1.29, 1.82) is 0 Å². The third kappa shape index (κ3) is 4.38. The van der Waals surface area contributed by atoms with Crippen molar-refractivity contribution in [3.8, 4) is 22.5 Å². The number of primary sulfonamides is 1. The summed E-state index contributed by atoms with van der Waals surface area (Å²) >= 11 is 0. The van der Waals surface area contributed by atoms with Crippen LogP contribution in [0.4, 0.5) is 0 Å². The number of H-pyrrole nitrogens is 2. The number of sulfonamides is 2. The smallest absolute Gasteiger partial charge is 0.242 e. The number of rotatable bonds is 7. The van der Waals surface area contributed by atoms with Crippen LogP contribution in [0.5, 0.6) is 0 Å². The van der Waals surface area contributed by atoms with Crippen molar-refractivity contribution < 1.29 is 16.8 Å². The highest BCUT2D eigenvalue weighted by Gasteiger charge is 2.34. The summed E-state index contributed by atoms with van der Waals surface area (Å²) in [4.78, 5) is 6.57. The Morgan fingerprint density at radius 1 is 1.14 bits per heavy atom. The minimum Gasteiger partial charge on any atom is -0.341 e. The molecule has 1 saturated heterocycles.